The molecule has 28 heavy (non-hydrogen) atoms. The van der Waals surface area contributed by atoms with Crippen LogP contribution in [0.1, 0.15) is 18.9 Å². The topological polar surface area (TPSA) is 108 Å². The molecule has 2 aromatic carbocycles. The van der Waals surface area contributed by atoms with Crippen LogP contribution in [-0.2, 0) is 19.1 Å². The van der Waals surface area contributed by atoms with Crippen LogP contribution < -0.4 is 10.6 Å². The lowest BCUT2D eigenvalue weighted by molar-refractivity contribution is -0.153. The number of fused-ring (bicyclic) bond motifs is 1. The minimum Gasteiger partial charge on any atom is -0.452 e. The lowest BCUT2D eigenvalue weighted by Gasteiger charge is -2.23. The first-order valence-electron chi connectivity index (χ1n) is 8.54. The van der Waals surface area contributed by atoms with Gasteiger partial charge >= 0.3 is 5.97 Å². The lowest BCUT2D eigenvalue weighted by Crippen LogP contribution is -2.34. The average Bonchev–Trinajstić information content (AvgIpc) is 2.68. The van der Waals surface area contributed by atoms with Gasteiger partial charge in [-0.2, -0.15) is 5.26 Å². The van der Waals surface area contributed by atoms with Crippen LogP contribution >= 0.6 is 11.8 Å². The molecule has 2 amide bonds. The van der Waals surface area contributed by atoms with Gasteiger partial charge in [0.05, 0.1) is 28.6 Å². The maximum Gasteiger partial charge on any atom is 0.308 e. The number of hydrogen-bond acceptors (Lipinski definition) is 6. The number of carbonyl (C=O) groups is 3. The van der Waals surface area contributed by atoms with Crippen LogP contribution in [0.15, 0.2) is 53.4 Å². The number of ether oxygens (including phenoxy) is 1. The van der Waals surface area contributed by atoms with Gasteiger partial charge in [0.25, 0.3) is 5.91 Å². The first-order valence-corrected chi connectivity index (χ1v) is 9.42. The van der Waals surface area contributed by atoms with Crippen molar-refractivity contribution in [3.63, 3.8) is 0 Å². The number of anilines is 2. The Morgan fingerprint density at radius 1 is 1.25 bits per heavy atom. The van der Waals surface area contributed by atoms with Gasteiger partial charge in [-0.15, -0.1) is 11.8 Å². The normalized spacial score (nSPS) is 16.1. The number of amides is 2. The van der Waals surface area contributed by atoms with Crippen molar-refractivity contribution in [1.29, 1.82) is 5.26 Å². The third-order valence-corrected chi connectivity index (χ3v) is 5.32. The van der Waals surface area contributed by atoms with E-state index in [0.717, 1.165) is 4.90 Å². The van der Waals surface area contributed by atoms with Gasteiger partial charge in [0.1, 0.15) is 6.07 Å². The van der Waals surface area contributed by atoms with E-state index in [4.69, 9.17) is 10.00 Å². The second-order valence-electron chi connectivity index (χ2n) is 6.07. The van der Waals surface area contributed by atoms with Gasteiger partial charge in [-0.3, -0.25) is 14.4 Å². The monoisotopic (exact) mass is 395 g/mol. The zero-order valence-corrected chi connectivity index (χ0v) is 15.8. The molecule has 2 N–H and O–H groups in total. The van der Waals surface area contributed by atoms with Crippen LogP contribution in [0, 0.1) is 11.3 Å². The fourth-order valence-corrected chi connectivity index (χ4v) is 3.70. The highest BCUT2D eigenvalue weighted by Crippen LogP contribution is 2.36. The number of para-hydroxylation sites is 2. The van der Waals surface area contributed by atoms with Crippen LogP contribution in [0.25, 0.3) is 0 Å². The molecular formula is C20H17N3O4S. The summed E-state index contributed by atoms with van der Waals surface area (Å²) in [5, 5.41) is 13.8. The molecule has 0 aliphatic carbocycles. The number of nitrogens with one attached hydrogen (secondary N) is 2. The summed E-state index contributed by atoms with van der Waals surface area (Å²) in [6.07, 6.45) is -1.22. The molecule has 0 radical (unpaired) electrons. The predicted octanol–water partition coefficient (Wildman–Crippen LogP) is 2.93. The molecule has 7 nitrogen and oxygen atoms in total. The Bertz CT molecular complexity index is 970. The van der Waals surface area contributed by atoms with E-state index in [1.165, 1.54) is 18.7 Å². The Kier molecular flexibility index (Phi) is 5.96. The summed E-state index contributed by atoms with van der Waals surface area (Å²) >= 11 is 1.29. The van der Waals surface area contributed by atoms with Crippen molar-refractivity contribution in [2.45, 2.75) is 29.6 Å². The zero-order valence-electron chi connectivity index (χ0n) is 15.0. The summed E-state index contributed by atoms with van der Waals surface area (Å²) in [5.74, 6) is -1.48. The molecule has 0 spiro atoms. The van der Waals surface area contributed by atoms with E-state index in [0.29, 0.717) is 16.9 Å². The van der Waals surface area contributed by atoms with Gasteiger partial charge in [0, 0.05) is 4.90 Å². The maximum absolute atomic E-state index is 12.3. The number of nitriles is 1. The summed E-state index contributed by atoms with van der Waals surface area (Å²) in [6.45, 7) is 1.44. The van der Waals surface area contributed by atoms with Gasteiger partial charge in [0.2, 0.25) is 5.91 Å². The second-order valence-corrected chi connectivity index (χ2v) is 7.32. The number of thioether (sulfide) groups is 1. The van der Waals surface area contributed by atoms with E-state index < -0.39 is 23.2 Å². The predicted molar refractivity (Wildman–Crippen MR) is 105 cm³/mol. The molecule has 0 fully saturated rings. The maximum atomic E-state index is 12.3. The summed E-state index contributed by atoms with van der Waals surface area (Å²) < 4.78 is 5.17. The van der Waals surface area contributed by atoms with Crippen molar-refractivity contribution in [2.75, 3.05) is 10.6 Å². The molecule has 1 aliphatic heterocycles. The van der Waals surface area contributed by atoms with E-state index >= 15 is 0 Å². The third-order valence-electron chi connectivity index (χ3n) is 4.04. The van der Waals surface area contributed by atoms with Crippen molar-refractivity contribution in [2.24, 2.45) is 0 Å². The second kappa shape index (κ2) is 8.59. The Hall–Kier alpha value is -3.31. The molecule has 0 aromatic heterocycles. The van der Waals surface area contributed by atoms with Crippen molar-refractivity contribution in [1.82, 2.24) is 0 Å². The fourth-order valence-electron chi connectivity index (χ4n) is 2.60. The third kappa shape index (κ3) is 4.50. The molecule has 3 rings (SSSR count). The minimum absolute atomic E-state index is 0.156. The highest BCUT2D eigenvalue weighted by Gasteiger charge is 2.30. The molecule has 2 atom stereocenters. The van der Waals surface area contributed by atoms with Crippen LogP contribution in [0.2, 0.25) is 0 Å². The van der Waals surface area contributed by atoms with Crippen molar-refractivity contribution < 1.29 is 19.1 Å². The number of hydrogen-bond donors (Lipinski definition) is 2. The first kappa shape index (κ1) is 19.5. The largest absolute Gasteiger partial charge is 0.452 e. The van der Waals surface area contributed by atoms with Crippen LogP contribution in [0.4, 0.5) is 11.4 Å². The summed E-state index contributed by atoms with van der Waals surface area (Å²) in [6, 6.07) is 15.8. The van der Waals surface area contributed by atoms with E-state index in [2.05, 4.69) is 10.6 Å². The number of benzene rings is 2. The van der Waals surface area contributed by atoms with Gasteiger partial charge in [-0.1, -0.05) is 24.3 Å². The smallest absolute Gasteiger partial charge is 0.308 e. The standard InChI is InChI=1S/C20H17N3O4S/c1-12(19(25)22-14-7-3-2-6-13(14)11-21)27-18(24)10-17-20(26)23-15-8-4-5-9-16(15)28-17/h2-9,12,17H,10H2,1H3,(H,22,25)(H,23,26)/t12-,17+/m0/s1. The molecule has 2 aromatic rings. The molecule has 0 saturated carbocycles. The molecule has 1 aliphatic rings. The molecular weight excluding hydrogens is 378 g/mol. The number of esters is 1. The van der Waals surface area contributed by atoms with Gasteiger partial charge in [0.15, 0.2) is 6.10 Å². The highest BCUT2D eigenvalue weighted by atomic mass is 32.2. The summed E-state index contributed by atoms with van der Waals surface area (Å²) in [7, 11) is 0. The van der Waals surface area contributed by atoms with Gasteiger partial charge in [-0.05, 0) is 31.2 Å². The molecule has 8 heteroatoms. The zero-order chi connectivity index (χ0) is 20.1. The Morgan fingerprint density at radius 2 is 1.96 bits per heavy atom. The lowest BCUT2D eigenvalue weighted by atomic mass is 10.2. The quantitative estimate of drug-likeness (QED) is 0.754. The Morgan fingerprint density at radius 3 is 2.75 bits per heavy atom. The van der Waals surface area contributed by atoms with E-state index in [-0.39, 0.29) is 12.3 Å². The Balaban J connectivity index is 1.56. The molecule has 0 saturated heterocycles. The van der Waals surface area contributed by atoms with E-state index in [1.807, 2.05) is 24.3 Å². The Labute approximate surface area is 166 Å². The number of rotatable bonds is 5. The highest BCUT2D eigenvalue weighted by molar-refractivity contribution is 8.01. The first-order chi connectivity index (χ1) is 13.5. The van der Waals surface area contributed by atoms with Crippen LogP contribution in [0.3, 0.4) is 0 Å². The molecule has 0 unspecified atom stereocenters. The van der Waals surface area contributed by atoms with Crippen LogP contribution in [0.5, 0.6) is 0 Å². The van der Waals surface area contributed by atoms with Crippen molar-refractivity contribution >= 4 is 40.9 Å². The van der Waals surface area contributed by atoms with Crippen molar-refractivity contribution in [3.8, 4) is 6.07 Å². The van der Waals surface area contributed by atoms with Crippen LogP contribution in [-0.4, -0.2) is 29.1 Å². The SMILES string of the molecule is C[C@H](OC(=O)C[C@H]1Sc2ccccc2NC1=O)C(=O)Nc1ccccc1C#N. The number of nitrogens with zero attached hydrogens (tertiary/aromatic N) is 1. The molecule has 0 bridgehead atoms. The number of carbonyl (C=O) groups excluding carboxylic acids is 3. The van der Waals surface area contributed by atoms with E-state index in [9.17, 15) is 14.4 Å². The van der Waals surface area contributed by atoms with E-state index in [1.54, 1.807) is 30.3 Å². The molecule has 142 valence electrons. The van der Waals surface area contributed by atoms with Gasteiger partial charge in [-0.25, -0.2) is 0 Å². The summed E-state index contributed by atoms with van der Waals surface area (Å²) in [4.78, 5) is 37.5. The summed E-state index contributed by atoms with van der Waals surface area (Å²) in [5.41, 5.74) is 1.37. The minimum atomic E-state index is -1.07. The molecule has 1 heterocycles. The average molecular weight is 395 g/mol. The van der Waals surface area contributed by atoms with Gasteiger partial charge < -0.3 is 15.4 Å². The fraction of sp³-hybridized carbons (Fsp3) is 0.200. The van der Waals surface area contributed by atoms with Crippen molar-refractivity contribution in [3.05, 3.63) is 54.1 Å².